The summed E-state index contributed by atoms with van der Waals surface area (Å²) in [6.07, 6.45) is 0. The van der Waals surface area contributed by atoms with Crippen LogP contribution in [0.1, 0.15) is 11.4 Å². The molecule has 124 valence electrons. The quantitative estimate of drug-likeness (QED) is 0.837. The summed E-state index contributed by atoms with van der Waals surface area (Å²) in [6, 6.07) is 8.12. The third kappa shape index (κ3) is 4.89. The van der Waals surface area contributed by atoms with E-state index in [-0.39, 0.29) is 0 Å². The number of aryl methyl sites for hydroxylation is 1. The Morgan fingerprint density at radius 3 is 2.91 bits per heavy atom. The monoisotopic (exact) mass is 334 g/mol. The fourth-order valence-corrected chi connectivity index (χ4v) is 3.01. The Morgan fingerprint density at radius 2 is 2.13 bits per heavy atom. The molecule has 0 bridgehead atoms. The summed E-state index contributed by atoms with van der Waals surface area (Å²) in [5.41, 5.74) is 1.13. The summed E-state index contributed by atoms with van der Waals surface area (Å²) in [4.78, 5) is 6.69. The summed E-state index contributed by atoms with van der Waals surface area (Å²) in [6.45, 7) is 7.82. The number of ether oxygens (including phenoxy) is 2. The normalized spacial score (nSPS) is 15.5. The van der Waals surface area contributed by atoms with Crippen molar-refractivity contribution in [2.24, 2.45) is 0 Å². The van der Waals surface area contributed by atoms with E-state index in [9.17, 15) is 0 Å². The summed E-state index contributed by atoms with van der Waals surface area (Å²) >= 11 is 1.38. The van der Waals surface area contributed by atoms with Gasteiger partial charge in [0.25, 0.3) is 0 Å². The smallest absolute Gasteiger partial charge is 0.202 e. The van der Waals surface area contributed by atoms with E-state index in [4.69, 9.17) is 9.47 Å². The number of anilines is 1. The number of nitrogens with one attached hydrogen (secondary N) is 1. The molecule has 1 fully saturated rings. The largest absolute Gasteiger partial charge is 0.492 e. The molecule has 2 aromatic rings. The van der Waals surface area contributed by atoms with Crippen LogP contribution in [0.2, 0.25) is 0 Å². The molecule has 6 nitrogen and oxygen atoms in total. The Kier molecular flexibility index (Phi) is 5.79. The molecule has 7 heteroatoms. The Bertz CT molecular complexity index is 614. The molecule has 0 amide bonds. The van der Waals surface area contributed by atoms with E-state index >= 15 is 0 Å². The Morgan fingerprint density at radius 1 is 1.30 bits per heavy atom. The lowest BCUT2D eigenvalue weighted by Gasteiger charge is -2.26. The van der Waals surface area contributed by atoms with Crippen molar-refractivity contribution in [2.45, 2.75) is 13.5 Å². The number of hydrogen-bond acceptors (Lipinski definition) is 7. The first-order valence-electron chi connectivity index (χ1n) is 7.86. The molecular formula is C16H22N4O2S. The van der Waals surface area contributed by atoms with Gasteiger partial charge in [0.1, 0.15) is 18.2 Å². The van der Waals surface area contributed by atoms with Gasteiger partial charge < -0.3 is 14.8 Å². The second kappa shape index (κ2) is 8.24. The van der Waals surface area contributed by atoms with Gasteiger partial charge in [0.2, 0.25) is 5.13 Å². The van der Waals surface area contributed by atoms with E-state index in [0.29, 0.717) is 13.2 Å². The van der Waals surface area contributed by atoms with E-state index in [0.717, 1.165) is 55.1 Å². The average molecular weight is 334 g/mol. The summed E-state index contributed by atoms with van der Waals surface area (Å²) in [5, 5.41) is 4.14. The maximum Gasteiger partial charge on any atom is 0.202 e. The van der Waals surface area contributed by atoms with Crippen molar-refractivity contribution in [1.82, 2.24) is 14.3 Å². The van der Waals surface area contributed by atoms with E-state index in [2.05, 4.69) is 25.6 Å². The zero-order chi connectivity index (χ0) is 15.9. The number of nitrogens with zero attached hydrogens (tertiary/aromatic N) is 3. The van der Waals surface area contributed by atoms with Gasteiger partial charge >= 0.3 is 0 Å². The maximum absolute atomic E-state index is 5.98. The van der Waals surface area contributed by atoms with Crippen molar-refractivity contribution in [3.8, 4) is 5.75 Å². The van der Waals surface area contributed by atoms with Gasteiger partial charge in [-0.2, -0.15) is 4.37 Å². The van der Waals surface area contributed by atoms with Crippen molar-refractivity contribution < 1.29 is 9.47 Å². The van der Waals surface area contributed by atoms with Crippen LogP contribution in [0.5, 0.6) is 5.75 Å². The van der Waals surface area contributed by atoms with Gasteiger partial charge in [0.05, 0.1) is 13.2 Å². The first kappa shape index (κ1) is 16.2. The predicted molar refractivity (Wildman–Crippen MR) is 91.2 cm³/mol. The Hall–Kier alpha value is -1.70. The molecule has 3 rings (SSSR count). The molecule has 1 aliphatic rings. The highest BCUT2D eigenvalue weighted by Crippen LogP contribution is 2.20. The minimum absolute atomic E-state index is 0.683. The number of hydrogen-bond donors (Lipinski definition) is 1. The first-order chi connectivity index (χ1) is 11.3. The van der Waals surface area contributed by atoms with Crippen LogP contribution in [0, 0.1) is 6.92 Å². The van der Waals surface area contributed by atoms with Crippen molar-refractivity contribution >= 4 is 16.7 Å². The first-order valence-corrected chi connectivity index (χ1v) is 8.63. The maximum atomic E-state index is 5.98. The van der Waals surface area contributed by atoms with Crippen molar-refractivity contribution in [3.05, 3.63) is 35.7 Å². The van der Waals surface area contributed by atoms with Gasteiger partial charge in [-0.3, -0.25) is 4.90 Å². The second-order valence-electron chi connectivity index (χ2n) is 5.41. The highest BCUT2D eigenvalue weighted by Gasteiger charge is 2.10. The van der Waals surface area contributed by atoms with Crippen LogP contribution in [-0.2, 0) is 11.3 Å². The lowest BCUT2D eigenvalue weighted by molar-refractivity contribution is 0.0322. The molecule has 0 radical (unpaired) electrons. The number of aromatic nitrogens is 2. The fourth-order valence-electron chi connectivity index (χ4n) is 2.44. The molecule has 0 saturated carbocycles. The molecule has 1 aromatic heterocycles. The minimum atomic E-state index is 0.683. The van der Waals surface area contributed by atoms with Crippen LogP contribution in [-0.4, -0.2) is 53.7 Å². The standard InChI is InChI=1S/C16H22N4O2S/c1-13-18-16(23-19-13)17-12-14-4-2-3-5-15(14)22-11-8-20-6-9-21-10-7-20/h2-5H,6-12H2,1H3,(H,17,18,19). The molecule has 0 atom stereocenters. The van der Waals surface area contributed by atoms with Crippen molar-refractivity contribution in [3.63, 3.8) is 0 Å². The molecule has 1 N–H and O–H groups in total. The molecule has 1 aliphatic heterocycles. The van der Waals surface area contributed by atoms with Gasteiger partial charge in [-0.1, -0.05) is 18.2 Å². The average Bonchev–Trinajstić information content (AvgIpc) is 3.00. The number of morpholine rings is 1. The van der Waals surface area contributed by atoms with E-state index < -0.39 is 0 Å². The molecule has 1 saturated heterocycles. The molecule has 0 aliphatic carbocycles. The van der Waals surface area contributed by atoms with Gasteiger partial charge in [-0.25, -0.2) is 4.98 Å². The van der Waals surface area contributed by atoms with E-state index in [1.165, 1.54) is 11.5 Å². The van der Waals surface area contributed by atoms with Crippen molar-refractivity contribution in [1.29, 1.82) is 0 Å². The molecule has 0 unspecified atom stereocenters. The van der Waals surface area contributed by atoms with E-state index in [1.807, 2.05) is 25.1 Å². The van der Waals surface area contributed by atoms with E-state index in [1.54, 1.807) is 0 Å². The molecule has 1 aromatic carbocycles. The van der Waals surface area contributed by atoms with Crippen LogP contribution in [0.25, 0.3) is 0 Å². The fraction of sp³-hybridized carbons (Fsp3) is 0.500. The third-order valence-electron chi connectivity index (χ3n) is 3.70. The number of rotatable bonds is 7. The highest BCUT2D eigenvalue weighted by atomic mass is 32.1. The summed E-state index contributed by atoms with van der Waals surface area (Å²) in [5.74, 6) is 1.72. The number of para-hydroxylation sites is 1. The zero-order valence-electron chi connectivity index (χ0n) is 13.3. The van der Waals surface area contributed by atoms with Crippen LogP contribution < -0.4 is 10.1 Å². The molecule has 0 spiro atoms. The topological polar surface area (TPSA) is 59.5 Å². The summed E-state index contributed by atoms with van der Waals surface area (Å²) in [7, 11) is 0. The Balaban J connectivity index is 1.50. The highest BCUT2D eigenvalue weighted by molar-refractivity contribution is 7.09. The lowest BCUT2D eigenvalue weighted by atomic mass is 10.2. The minimum Gasteiger partial charge on any atom is -0.492 e. The number of benzene rings is 1. The van der Waals surface area contributed by atoms with Crippen LogP contribution >= 0.6 is 11.5 Å². The second-order valence-corrected chi connectivity index (χ2v) is 6.16. The Labute approximate surface area is 140 Å². The van der Waals surface area contributed by atoms with Gasteiger partial charge in [0.15, 0.2) is 0 Å². The van der Waals surface area contributed by atoms with Crippen LogP contribution in [0.15, 0.2) is 24.3 Å². The van der Waals surface area contributed by atoms with Crippen molar-refractivity contribution in [2.75, 3.05) is 44.8 Å². The SMILES string of the molecule is Cc1nsc(NCc2ccccc2OCCN2CCOCC2)n1. The van der Waals surface area contributed by atoms with Gasteiger partial charge in [-0.15, -0.1) is 0 Å². The zero-order valence-corrected chi connectivity index (χ0v) is 14.1. The summed E-state index contributed by atoms with van der Waals surface area (Å²) < 4.78 is 15.5. The molecule has 23 heavy (non-hydrogen) atoms. The molecule has 2 heterocycles. The van der Waals surface area contributed by atoms with Crippen LogP contribution in [0.4, 0.5) is 5.13 Å². The van der Waals surface area contributed by atoms with Crippen LogP contribution in [0.3, 0.4) is 0 Å². The van der Waals surface area contributed by atoms with Gasteiger partial charge in [0, 0.05) is 43.3 Å². The lowest BCUT2D eigenvalue weighted by Crippen LogP contribution is -2.38. The molecular weight excluding hydrogens is 312 g/mol. The van der Waals surface area contributed by atoms with Gasteiger partial charge in [-0.05, 0) is 13.0 Å². The third-order valence-corrected chi connectivity index (χ3v) is 4.46. The predicted octanol–water partition coefficient (Wildman–Crippen LogP) is 2.17.